The topological polar surface area (TPSA) is 78.9 Å². The molecule has 0 saturated heterocycles. The minimum atomic E-state index is -0.841. The van der Waals surface area contributed by atoms with Gasteiger partial charge in [0.15, 0.2) is 6.10 Å². The molecule has 412 valence electrons. The van der Waals surface area contributed by atoms with Crippen molar-refractivity contribution in [1.29, 1.82) is 0 Å². The predicted octanol–water partition coefficient (Wildman–Crippen LogP) is 19.9. The van der Waals surface area contributed by atoms with E-state index in [-0.39, 0.29) is 31.6 Å². The van der Waals surface area contributed by atoms with Gasteiger partial charge in [-0.2, -0.15) is 0 Å². The summed E-state index contributed by atoms with van der Waals surface area (Å²) >= 11 is 0. The van der Waals surface area contributed by atoms with Crippen LogP contribution < -0.4 is 0 Å². The standard InChI is InChI=1S/C68H104O6/c1-4-7-10-13-16-18-20-22-24-25-26-27-28-29-30-31-32-33-34-35-36-37-38-39-40-41-42-43-45-46-48-50-52-55-58-61-67(70)73-64-65(63-72-66(69)60-57-54-15-12-9-6-3)74-68(71)62-59-56-53-51-49-47-44-23-21-19-17-14-11-8-5-2/h7-8,10-11,16-19,22-24,26-27,29-30,32-33,35-36,38-39,41-42,44,49,51,56,59,65H,4-6,9,12-15,20-21,25,28,31,34,37,40,43,45-48,50,52-55,57-58,60-64H2,1-3H3/b10-7-,11-8-,18-16-,19-17-,24-22-,27-26-,30-29-,33-32-,36-35-,39-38-,42-41-,44-23-,51-49-,59-56-. The molecule has 6 heteroatoms. The molecule has 0 N–H and O–H groups in total. The van der Waals surface area contributed by atoms with Crippen LogP contribution in [0.25, 0.3) is 0 Å². The first-order chi connectivity index (χ1) is 36.5. The van der Waals surface area contributed by atoms with Crippen molar-refractivity contribution in [3.05, 3.63) is 170 Å². The van der Waals surface area contributed by atoms with Gasteiger partial charge in [-0.3, -0.25) is 14.4 Å². The summed E-state index contributed by atoms with van der Waals surface area (Å²) in [6, 6.07) is 0. The van der Waals surface area contributed by atoms with E-state index in [1.54, 1.807) is 6.08 Å². The maximum absolute atomic E-state index is 12.7. The molecule has 0 amide bonds. The molecule has 0 heterocycles. The van der Waals surface area contributed by atoms with E-state index in [9.17, 15) is 14.4 Å². The number of unbranched alkanes of at least 4 members (excludes halogenated alkanes) is 12. The van der Waals surface area contributed by atoms with Gasteiger partial charge in [0.2, 0.25) is 0 Å². The molecule has 0 rings (SSSR count). The van der Waals surface area contributed by atoms with Crippen LogP contribution in [0.5, 0.6) is 0 Å². The van der Waals surface area contributed by atoms with Crippen LogP contribution in [0.1, 0.15) is 220 Å². The third-order valence-corrected chi connectivity index (χ3v) is 11.5. The number of ether oxygens (including phenoxy) is 3. The molecule has 0 aromatic rings. The summed E-state index contributed by atoms with van der Waals surface area (Å²) in [6.07, 6.45) is 89.9. The average Bonchev–Trinajstić information content (AvgIpc) is 3.40. The SMILES string of the molecule is CC/C=C\C/C=C\C/C=C\C/C=C\C/C=C\C/C=C\C/C=C\C/C=C\C/C=C\CCCCCCCCCC(=O)OCC(COC(=O)CCCCCCCC)OC(=O)C/C=C\C/C=C\C/C=C\C/C=C\C/C=C\CC. The molecule has 0 aliphatic heterocycles. The highest BCUT2D eigenvalue weighted by molar-refractivity contribution is 5.72. The van der Waals surface area contributed by atoms with Crippen LogP contribution in [0.4, 0.5) is 0 Å². The zero-order chi connectivity index (χ0) is 53.6. The Morgan fingerprint density at radius 1 is 0.297 bits per heavy atom. The van der Waals surface area contributed by atoms with Crippen molar-refractivity contribution in [2.75, 3.05) is 13.2 Å². The van der Waals surface area contributed by atoms with E-state index < -0.39 is 12.1 Å². The summed E-state index contributed by atoms with van der Waals surface area (Å²) in [6.45, 7) is 6.22. The number of hydrogen-bond donors (Lipinski definition) is 0. The highest BCUT2D eigenvalue weighted by Gasteiger charge is 2.19. The lowest BCUT2D eigenvalue weighted by Gasteiger charge is -2.18. The van der Waals surface area contributed by atoms with Crippen LogP contribution in [0.15, 0.2) is 170 Å². The van der Waals surface area contributed by atoms with Crippen molar-refractivity contribution in [1.82, 2.24) is 0 Å². The first-order valence-electron chi connectivity index (χ1n) is 29.1. The minimum Gasteiger partial charge on any atom is -0.462 e. The second kappa shape index (κ2) is 60.3. The maximum Gasteiger partial charge on any atom is 0.310 e. The van der Waals surface area contributed by atoms with Crippen molar-refractivity contribution < 1.29 is 28.6 Å². The molecule has 0 bridgehead atoms. The first kappa shape index (κ1) is 68.8. The van der Waals surface area contributed by atoms with Crippen LogP contribution in [0.3, 0.4) is 0 Å². The summed E-state index contributed by atoms with van der Waals surface area (Å²) in [5.74, 6) is -1.09. The number of allylic oxidation sites excluding steroid dienone is 27. The third-order valence-electron chi connectivity index (χ3n) is 11.5. The van der Waals surface area contributed by atoms with E-state index in [1.807, 2.05) is 6.08 Å². The van der Waals surface area contributed by atoms with Crippen LogP contribution in [0.2, 0.25) is 0 Å². The van der Waals surface area contributed by atoms with Gasteiger partial charge in [0.05, 0.1) is 6.42 Å². The highest BCUT2D eigenvalue weighted by Crippen LogP contribution is 2.12. The quantitative estimate of drug-likeness (QED) is 0.0261. The maximum atomic E-state index is 12.7. The summed E-state index contributed by atoms with van der Waals surface area (Å²) in [5.41, 5.74) is 0. The lowest BCUT2D eigenvalue weighted by molar-refractivity contribution is -0.166. The van der Waals surface area contributed by atoms with Gasteiger partial charge < -0.3 is 14.2 Å². The fourth-order valence-corrected chi connectivity index (χ4v) is 7.21. The number of carbonyl (C=O) groups excluding carboxylic acids is 3. The van der Waals surface area contributed by atoms with E-state index in [0.29, 0.717) is 19.3 Å². The lowest BCUT2D eigenvalue weighted by atomic mass is 10.1. The van der Waals surface area contributed by atoms with Crippen molar-refractivity contribution in [3.8, 4) is 0 Å². The Labute approximate surface area is 453 Å². The van der Waals surface area contributed by atoms with Crippen molar-refractivity contribution in [3.63, 3.8) is 0 Å². The summed E-state index contributed by atoms with van der Waals surface area (Å²) in [5, 5.41) is 0. The molecule has 0 spiro atoms. The number of rotatable bonds is 50. The molecule has 0 fully saturated rings. The van der Waals surface area contributed by atoms with Gasteiger partial charge in [-0.05, 0) is 116 Å². The Kier molecular flexibility index (Phi) is 56.1. The van der Waals surface area contributed by atoms with Gasteiger partial charge in [0.25, 0.3) is 0 Å². The number of carbonyl (C=O) groups is 3. The Balaban J connectivity index is 4.20. The van der Waals surface area contributed by atoms with Crippen LogP contribution in [0, 0.1) is 0 Å². The van der Waals surface area contributed by atoms with Crippen molar-refractivity contribution in [2.45, 2.75) is 226 Å². The van der Waals surface area contributed by atoms with Crippen LogP contribution >= 0.6 is 0 Å². The molecule has 0 saturated carbocycles. The summed E-state index contributed by atoms with van der Waals surface area (Å²) in [4.78, 5) is 37.8. The monoisotopic (exact) mass is 1020 g/mol. The molecular weight excluding hydrogens is 913 g/mol. The number of esters is 3. The fraction of sp³-hybridized carbons (Fsp3) is 0.544. The normalized spacial score (nSPS) is 13.4. The molecule has 0 aromatic carbocycles. The molecule has 74 heavy (non-hydrogen) atoms. The van der Waals surface area contributed by atoms with Gasteiger partial charge in [0, 0.05) is 12.8 Å². The number of hydrogen-bond acceptors (Lipinski definition) is 6. The minimum absolute atomic E-state index is 0.0876. The third kappa shape index (κ3) is 57.7. The summed E-state index contributed by atoms with van der Waals surface area (Å²) in [7, 11) is 0. The smallest absolute Gasteiger partial charge is 0.310 e. The van der Waals surface area contributed by atoms with E-state index in [4.69, 9.17) is 14.2 Å². The Hall–Kier alpha value is -5.23. The summed E-state index contributed by atoms with van der Waals surface area (Å²) < 4.78 is 16.6. The molecule has 0 aromatic heterocycles. The molecule has 1 atom stereocenters. The van der Waals surface area contributed by atoms with Crippen LogP contribution in [-0.4, -0.2) is 37.2 Å². The van der Waals surface area contributed by atoms with Crippen molar-refractivity contribution in [2.24, 2.45) is 0 Å². The Morgan fingerprint density at radius 2 is 0.568 bits per heavy atom. The Bertz CT molecular complexity index is 1740. The zero-order valence-corrected chi connectivity index (χ0v) is 47.0. The largest absolute Gasteiger partial charge is 0.462 e. The van der Waals surface area contributed by atoms with Gasteiger partial charge in [-0.15, -0.1) is 0 Å². The molecular formula is C68H104O6. The second-order valence-electron chi connectivity index (χ2n) is 18.5. The predicted molar refractivity (Wildman–Crippen MR) is 320 cm³/mol. The zero-order valence-electron chi connectivity index (χ0n) is 47.0. The Morgan fingerprint density at radius 3 is 0.892 bits per heavy atom. The van der Waals surface area contributed by atoms with Gasteiger partial charge in [-0.25, -0.2) is 0 Å². The van der Waals surface area contributed by atoms with E-state index >= 15 is 0 Å². The highest BCUT2D eigenvalue weighted by atomic mass is 16.6. The van der Waals surface area contributed by atoms with E-state index in [0.717, 1.165) is 135 Å². The second-order valence-corrected chi connectivity index (χ2v) is 18.5. The van der Waals surface area contributed by atoms with Crippen LogP contribution in [-0.2, 0) is 28.6 Å². The molecule has 6 nitrogen and oxygen atoms in total. The molecule has 0 aliphatic carbocycles. The van der Waals surface area contributed by atoms with E-state index in [2.05, 4.69) is 179 Å². The molecule has 1 unspecified atom stereocenters. The fourth-order valence-electron chi connectivity index (χ4n) is 7.21. The van der Waals surface area contributed by atoms with Gasteiger partial charge >= 0.3 is 17.9 Å². The van der Waals surface area contributed by atoms with Gasteiger partial charge in [0.1, 0.15) is 13.2 Å². The first-order valence-corrected chi connectivity index (χ1v) is 29.1. The average molecular weight is 1020 g/mol. The van der Waals surface area contributed by atoms with Gasteiger partial charge in [-0.1, -0.05) is 255 Å². The lowest BCUT2D eigenvalue weighted by Crippen LogP contribution is -2.30. The van der Waals surface area contributed by atoms with Crippen molar-refractivity contribution >= 4 is 17.9 Å². The molecule has 0 radical (unpaired) electrons. The molecule has 0 aliphatic rings. The van der Waals surface area contributed by atoms with E-state index in [1.165, 1.54) is 38.5 Å².